The van der Waals surface area contributed by atoms with E-state index in [-0.39, 0.29) is 33.8 Å². The Balaban J connectivity index is 0. The maximum atomic E-state index is 11.3. The number of carbonyl (C=O) groups excluding carboxylic acids is 1. The molecule has 7 nitrogen and oxygen atoms in total. The van der Waals surface area contributed by atoms with E-state index in [4.69, 9.17) is 5.73 Å². The molecule has 0 saturated carbocycles. The van der Waals surface area contributed by atoms with E-state index in [1.807, 2.05) is 19.1 Å². The zero-order valence-electron chi connectivity index (χ0n) is 14.3. The Morgan fingerprint density at radius 1 is 1.25 bits per heavy atom. The third-order valence-corrected chi connectivity index (χ3v) is 3.14. The Bertz CT molecular complexity index is 438. The summed E-state index contributed by atoms with van der Waals surface area (Å²) in [5.74, 6) is -0.0204. The van der Waals surface area contributed by atoms with Gasteiger partial charge in [0.05, 0.1) is 0 Å². The molecule has 0 spiro atoms. The normalized spacial score (nSPS) is 16.5. The largest absolute Gasteiger partial charge is 2.00 e. The zero-order chi connectivity index (χ0) is 16.2. The van der Waals surface area contributed by atoms with Crippen LogP contribution in [0.1, 0.15) is 20.3 Å². The predicted octanol–water partition coefficient (Wildman–Crippen LogP) is 2.59. The van der Waals surface area contributed by atoms with Crippen molar-refractivity contribution in [2.24, 2.45) is 4.99 Å². The summed E-state index contributed by atoms with van der Waals surface area (Å²) in [6.45, 7) is 7.37. The van der Waals surface area contributed by atoms with Crippen LogP contribution >= 0.6 is 0 Å². The molecule has 3 N–H and O–H groups in total. The van der Waals surface area contributed by atoms with Crippen molar-refractivity contribution in [2.45, 2.75) is 26.3 Å². The molecular formula is C16H27N5NiO2-2. The van der Waals surface area contributed by atoms with E-state index in [1.165, 1.54) is 6.92 Å². The zero-order valence-corrected chi connectivity index (χ0v) is 15.3. The average molecular weight is 380 g/mol. The number of hydrogen-bond acceptors (Lipinski definition) is 2. The van der Waals surface area contributed by atoms with Gasteiger partial charge in [-0.3, -0.25) is 9.79 Å². The van der Waals surface area contributed by atoms with Crippen LogP contribution in [-0.4, -0.2) is 62.3 Å². The molecule has 1 aliphatic rings. The molecule has 0 aromatic heterocycles. The molecule has 1 atom stereocenters. The molecule has 0 saturated heterocycles. The molecule has 1 rings (SSSR count). The molecule has 0 aromatic carbocycles. The Morgan fingerprint density at radius 3 is 2.54 bits per heavy atom. The number of aliphatic imine (C=N–C) groups is 1. The van der Waals surface area contributed by atoms with E-state index in [2.05, 4.69) is 20.9 Å². The maximum absolute atomic E-state index is 11.3. The van der Waals surface area contributed by atoms with Crippen LogP contribution in [-0.2, 0) is 21.3 Å². The van der Waals surface area contributed by atoms with Crippen LogP contribution in [0.4, 0.5) is 0 Å². The fourth-order valence-electron chi connectivity index (χ4n) is 1.92. The van der Waals surface area contributed by atoms with E-state index in [9.17, 15) is 4.79 Å². The predicted molar refractivity (Wildman–Crippen MR) is 96.6 cm³/mol. The molecule has 0 bridgehead atoms. The number of allylic oxidation sites excluding steroid dienone is 3. The second kappa shape index (κ2) is 15.5. The maximum Gasteiger partial charge on any atom is 2.00 e. The van der Waals surface area contributed by atoms with E-state index in [1.54, 1.807) is 6.08 Å². The van der Waals surface area contributed by atoms with Gasteiger partial charge in [-0.25, -0.2) is 0 Å². The van der Waals surface area contributed by atoms with Crippen LogP contribution in [0.3, 0.4) is 0 Å². The van der Waals surface area contributed by atoms with Gasteiger partial charge in [0.1, 0.15) is 5.78 Å². The van der Waals surface area contributed by atoms with Gasteiger partial charge in [0.15, 0.2) is 0 Å². The topological polar surface area (TPSA) is 127 Å². The number of nitrogens with one attached hydrogen (secondary N) is 1. The summed E-state index contributed by atoms with van der Waals surface area (Å²) < 4.78 is 0. The SMILES string of the molecule is CC(=O)C1=CC=CC(C(C)=NCC[N-]CCC[N-]CC[NH-])[N-]1.O.[Ni+2]. The molecule has 0 radical (unpaired) electrons. The minimum absolute atomic E-state index is 0. The van der Waals surface area contributed by atoms with Gasteiger partial charge in [-0.05, 0) is 19.6 Å². The van der Waals surface area contributed by atoms with E-state index < -0.39 is 0 Å². The first kappa shape index (κ1) is 25.2. The first-order valence-corrected chi connectivity index (χ1v) is 7.67. The number of hydrogen-bond donors (Lipinski definition) is 0. The summed E-state index contributed by atoms with van der Waals surface area (Å²) in [5.41, 5.74) is 8.38. The number of nitrogens with zero attached hydrogens (tertiary/aromatic N) is 4. The Kier molecular flexibility index (Phi) is 16.3. The van der Waals surface area contributed by atoms with Gasteiger partial charge in [-0.1, -0.05) is 36.4 Å². The van der Waals surface area contributed by atoms with Crippen LogP contribution in [0.2, 0.25) is 0 Å². The van der Waals surface area contributed by atoms with E-state index in [0.29, 0.717) is 31.9 Å². The van der Waals surface area contributed by atoms with Crippen LogP contribution in [0, 0.1) is 0 Å². The molecule has 140 valence electrons. The Labute approximate surface area is 154 Å². The third kappa shape index (κ3) is 10.7. The summed E-state index contributed by atoms with van der Waals surface area (Å²) >= 11 is 0. The van der Waals surface area contributed by atoms with Crippen molar-refractivity contribution in [3.8, 4) is 0 Å². The number of rotatable bonds is 11. The molecule has 8 heteroatoms. The van der Waals surface area contributed by atoms with Gasteiger partial charge in [0.2, 0.25) is 0 Å². The molecule has 0 fully saturated rings. The monoisotopic (exact) mass is 379 g/mol. The smallest absolute Gasteiger partial charge is 0.679 e. The Morgan fingerprint density at radius 2 is 1.92 bits per heavy atom. The standard InChI is InChI=1S/C16H25N5O.Ni.H2O/c1-13(15-5-3-6-16(21-15)14(2)22)20-12-11-19-9-4-8-18-10-7-17;;/h3,5-6,15,17H,4,7-12H2,1-2H3;;1H2/q-4;+2;. The van der Waals surface area contributed by atoms with E-state index >= 15 is 0 Å². The van der Waals surface area contributed by atoms with Gasteiger partial charge in [-0.2, -0.15) is 26.2 Å². The van der Waals surface area contributed by atoms with Crippen molar-refractivity contribution >= 4 is 11.5 Å². The Hall–Kier alpha value is -1.05. The second-order valence-electron chi connectivity index (χ2n) is 5.04. The molecule has 0 amide bonds. The molecular weight excluding hydrogens is 353 g/mol. The van der Waals surface area contributed by atoms with Gasteiger partial charge < -0.3 is 27.2 Å². The molecule has 0 aliphatic carbocycles. The van der Waals surface area contributed by atoms with Crippen molar-refractivity contribution in [1.29, 1.82) is 0 Å². The van der Waals surface area contributed by atoms with Crippen molar-refractivity contribution < 1.29 is 26.8 Å². The second-order valence-corrected chi connectivity index (χ2v) is 5.04. The first-order chi connectivity index (χ1) is 10.6. The summed E-state index contributed by atoms with van der Waals surface area (Å²) in [5, 5.41) is 13.0. The summed E-state index contributed by atoms with van der Waals surface area (Å²) in [6, 6.07) is -0.132. The van der Waals surface area contributed by atoms with Gasteiger partial charge in [-0.15, -0.1) is 6.54 Å². The number of Topliss-reactive ketones (excluding diaryl/α,β-unsaturated/α-hetero) is 1. The van der Waals surface area contributed by atoms with Crippen molar-refractivity contribution in [3.63, 3.8) is 0 Å². The number of ketones is 1. The quantitative estimate of drug-likeness (QED) is 0.305. The van der Waals surface area contributed by atoms with Crippen molar-refractivity contribution in [1.82, 2.24) is 0 Å². The third-order valence-electron chi connectivity index (χ3n) is 3.14. The fraction of sp³-hybridized carbons (Fsp3) is 0.625. The van der Waals surface area contributed by atoms with Crippen LogP contribution in [0.5, 0.6) is 0 Å². The van der Waals surface area contributed by atoms with Crippen LogP contribution < -0.4 is 0 Å². The fourth-order valence-corrected chi connectivity index (χ4v) is 1.92. The molecule has 0 aromatic rings. The summed E-state index contributed by atoms with van der Waals surface area (Å²) in [6.07, 6.45) is 6.47. The van der Waals surface area contributed by atoms with Gasteiger partial charge >= 0.3 is 16.5 Å². The molecule has 1 unspecified atom stereocenters. The molecule has 1 heterocycles. The molecule has 24 heavy (non-hydrogen) atoms. The molecule has 1 aliphatic heterocycles. The average Bonchev–Trinajstić information content (AvgIpc) is 2.53. The minimum Gasteiger partial charge on any atom is -0.679 e. The van der Waals surface area contributed by atoms with Crippen LogP contribution in [0.25, 0.3) is 21.7 Å². The number of carbonyl (C=O) groups is 1. The van der Waals surface area contributed by atoms with E-state index in [0.717, 1.165) is 25.2 Å². The van der Waals surface area contributed by atoms with Gasteiger partial charge in [0, 0.05) is 6.54 Å². The van der Waals surface area contributed by atoms with Gasteiger partial charge in [0.25, 0.3) is 0 Å². The summed E-state index contributed by atoms with van der Waals surface area (Å²) in [7, 11) is 0. The van der Waals surface area contributed by atoms with Crippen molar-refractivity contribution in [3.05, 3.63) is 45.6 Å². The first-order valence-electron chi connectivity index (χ1n) is 7.67. The van der Waals surface area contributed by atoms with Crippen LogP contribution in [0.15, 0.2) is 28.9 Å². The summed E-state index contributed by atoms with van der Waals surface area (Å²) in [4.78, 5) is 15.8. The van der Waals surface area contributed by atoms with Crippen molar-refractivity contribution in [2.75, 3.05) is 39.3 Å². The minimum atomic E-state index is -0.132.